The molecule has 92 valence electrons. The van der Waals surface area contributed by atoms with Crippen molar-refractivity contribution >= 4 is 11.6 Å². The van der Waals surface area contributed by atoms with Crippen molar-refractivity contribution in [2.75, 3.05) is 12.5 Å². The normalized spacial score (nSPS) is 26.1. The van der Waals surface area contributed by atoms with Crippen molar-refractivity contribution in [2.24, 2.45) is 0 Å². The Bertz CT molecular complexity index is 261. The van der Waals surface area contributed by atoms with E-state index in [1.807, 2.05) is 0 Å². The number of allylic oxidation sites excluding steroid dienone is 2. The van der Waals surface area contributed by atoms with Crippen LogP contribution in [-0.4, -0.2) is 24.9 Å². The Morgan fingerprint density at radius 3 is 2.81 bits per heavy atom. The van der Waals surface area contributed by atoms with E-state index >= 15 is 0 Å². The molecule has 1 aliphatic rings. The predicted molar refractivity (Wildman–Crippen MR) is 67.8 cm³/mol. The lowest BCUT2D eigenvalue weighted by atomic mass is 10.1. The fourth-order valence-electron chi connectivity index (χ4n) is 1.61. The van der Waals surface area contributed by atoms with E-state index < -0.39 is 0 Å². The number of hydrogen-bond acceptors (Lipinski definition) is 2. The van der Waals surface area contributed by atoms with Gasteiger partial charge in [0.15, 0.2) is 6.29 Å². The van der Waals surface area contributed by atoms with Gasteiger partial charge in [0.1, 0.15) is 0 Å². The first-order valence-corrected chi connectivity index (χ1v) is 6.28. The molecule has 2 nitrogen and oxygen atoms in total. The van der Waals surface area contributed by atoms with Crippen LogP contribution in [0.5, 0.6) is 0 Å². The number of halogens is 1. The van der Waals surface area contributed by atoms with Crippen LogP contribution in [0.15, 0.2) is 23.8 Å². The molecule has 2 atom stereocenters. The van der Waals surface area contributed by atoms with E-state index in [0.717, 1.165) is 19.3 Å². The van der Waals surface area contributed by atoms with Crippen LogP contribution >= 0.6 is 11.6 Å². The lowest BCUT2D eigenvalue weighted by Crippen LogP contribution is -2.13. The monoisotopic (exact) mass is 244 g/mol. The summed E-state index contributed by atoms with van der Waals surface area (Å²) < 4.78 is 11.1. The van der Waals surface area contributed by atoms with Crippen LogP contribution in [0, 0.1) is 0 Å². The Hall–Kier alpha value is -0.310. The molecule has 1 saturated heterocycles. The largest absolute Gasteiger partial charge is 0.350 e. The Labute approximate surface area is 103 Å². The molecule has 0 aromatic carbocycles. The molecule has 0 saturated carbocycles. The standard InChI is InChI=1S/C13H21ClO2/c1-10(2)5-4-6-11(3)7-13-15-9-12(8-14)16-13/h6,12-13H,1,4-5,7-9H2,2-3H3. The van der Waals surface area contributed by atoms with Gasteiger partial charge >= 0.3 is 0 Å². The van der Waals surface area contributed by atoms with E-state index in [2.05, 4.69) is 26.5 Å². The first kappa shape index (κ1) is 13.8. The highest BCUT2D eigenvalue weighted by Gasteiger charge is 2.24. The molecule has 16 heavy (non-hydrogen) atoms. The van der Waals surface area contributed by atoms with E-state index in [4.69, 9.17) is 21.1 Å². The van der Waals surface area contributed by atoms with Crippen LogP contribution < -0.4 is 0 Å². The third kappa shape index (κ3) is 5.15. The summed E-state index contributed by atoms with van der Waals surface area (Å²) in [4.78, 5) is 0. The fraction of sp³-hybridized carbons (Fsp3) is 0.692. The topological polar surface area (TPSA) is 18.5 Å². The van der Waals surface area contributed by atoms with Crippen molar-refractivity contribution in [1.29, 1.82) is 0 Å². The van der Waals surface area contributed by atoms with Gasteiger partial charge in [-0.2, -0.15) is 0 Å². The Balaban J connectivity index is 2.23. The summed E-state index contributed by atoms with van der Waals surface area (Å²) in [5, 5.41) is 0. The van der Waals surface area contributed by atoms with Gasteiger partial charge in [-0.1, -0.05) is 17.2 Å². The van der Waals surface area contributed by atoms with Crippen LogP contribution in [-0.2, 0) is 9.47 Å². The van der Waals surface area contributed by atoms with E-state index in [0.29, 0.717) is 12.5 Å². The SMILES string of the molecule is C=C(C)CCC=C(C)CC1OCC(CCl)O1. The van der Waals surface area contributed by atoms with E-state index in [1.54, 1.807) is 0 Å². The van der Waals surface area contributed by atoms with E-state index in [9.17, 15) is 0 Å². The summed E-state index contributed by atoms with van der Waals surface area (Å²) in [5.74, 6) is 0.509. The van der Waals surface area contributed by atoms with Crippen LogP contribution in [0.3, 0.4) is 0 Å². The van der Waals surface area contributed by atoms with Crippen LogP contribution in [0.4, 0.5) is 0 Å². The summed E-state index contributed by atoms with van der Waals surface area (Å²) in [6, 6.07) is 0. The fourth-order valence-corrected chi connectivity index (χ4v) is 1.77. The highest BCUT2D eigenvalue weighted by Crippen LogP contribution is 2.19. The molecule has 0 N–H and O–H groups in total. The predicted octanol–water partition coefficient (Wildman–Crippen LogP) is 3.66. The Morgan fingerprint density at radius 2 is 2.25 bits per heavy atom. The van der Waals surface area contributed by atoms with Gasteiger partial charge in [0.2, 0.25) is 0 Å². The molecule has 1 heterocycles. The van der Waals surface area contributed by atoms with Gasteiger partial charge in [-0.3, -0.25) is 0 Å². The number of alkyl halides is 1. The van der Waals surface area contributed by atoms with Crippen molar-refractivity contribution in [2.45, 2.75) is 45.5 Å². The lowest BCUT2D eigenvalue weighted by Gasteiger charge is -2.10. The second-order valence-corrected chi connectivity index (χ2v) is 4.73. The molecule has 1 fully saturated rings. The minimum atomic E-state index is -0.107. The smallest absolute Gasteiger partial charge is 0.161 e. The van der Waals surface area contributed by atoms with Gasteiger partial charge in [-0.25, -0.2) is 0 Å². The Morgan fingerprint density at radius 1 is 1.50 bits per heavy atom. The minimum Gasteiger partial charge on any atom is -0.350 e. The van der Waals surface area contributed by atoms with Gasteiger partial charge in [-0.05, 0) is 26.7 Å². The van der Waals surface area contributed by atoms with Crippen molar-refractivity contribution < 1.29 is 9.47 Å². The first-order chi connectivity index (χ1) is 7.61. The molecule has 0 spiro atoms. The molecule has 0 amide bonds. The number of rotatable bonds is 6. The zero-order chi connectivity index (χ0) is 12.0. The highest BCUT2D eigenvalue weighted by atomic mass is 35.5. The molecule has 0 aliphatic carbocycles. The van der Waals surface area contributed by atoms with Crippen molar-refractivity contribution in [3.63, 3.8) is 0 Å². The van der Waals surface area contributed by atoms with E-state index in [-0.39, 0.29) is 12.4 Å². The molecule has 3 heteroatoms. The quantitative estimate of drug-likeness (QED) is 0.525. The second kappa shape index (κ2) is 7.10. The minimum absolute atomic E-state index is 0.0647. The zero-order valence-electron chi connectivity index (χ0n) is 10.2. The van der Waals surface area contributed by atoms with Gasteiger partial charge < -0.3 is 9.47 Å². The summed E-state index contributed by atoms with van der Waals surface area (Å²) in [7, 11) is 0. The van der Waals surface area contributed by atoms with E-state index in [1.165, 1.54) is 11.1 Å². The maximum absolute atomic E-state index is 5.70. The van der Waals surface area contributed by atoms with Crippen molar-refractivity contribution in [3.8, 4) is 0 Å². The van der Waals surface area contributed by atoms with Crippen LogP contribution in [0.1, 0.15) is 33.1 Å². The lowest BCUT2D eigenvalue weighted by molar-refractivity contribution is -0.0522. The van der Waals surface area contributed by atoms with Gasteiger partial charge in [0.05, 0.1) is 18.6 Å². The molecular formula is C13H21ClO2. The summed E-state index contributed by atoms with van der Waals surface area (Å²) in [6.07, 6.45) is 5.12. The van der Waals surface area contributed by atoms with Crippen molar-refractivity contribution in [1.82, 2.24) is 0 Å². The van der Waals surface area contributed by atoms with Gasteiger partial charge in [-0.15, -0.1) is 18.2 Å². The Kier molecular flexibility index (Phi) is 6.10. The van der Waals surface area contributed by atoms with Crippen LogP contribution in [0.25, 0.3) is 0 Å². The van der Waals surface area contributed by atoms with Crippen molar-refractivity contribution in [3.05, 3.63) is 23.8 Å². The third-order valence-corrected chi connectivity index (χ3v) is 2.88. The average Bonchev–Trinajstić information content (AvgIpc) is 2.65. The molecule has 0 aromatic rings. The molecule has 2 unspecified atom stereocenters. The molecule has 1 rings (SSSR count). The molecular weight excluding hydrogens is 224 g/mol. The number of hydrogen-bond donors (Lipinski definition) is 0. The highest BCUT2D eigenvalue weighted by molar-refractivity contribution is 6.18. The average molecular weight is 245 g/mol. The summed E-state index contributed by atoms with van der Waals surface area (Å²) >= 11 is 5.70. The van der Waals surface area contributed by atoms with Gasteiger partial charge in [0.25, 0.3) is 0 Å². The zero-order valence-corrected chi connectivity index (χ0v) is 10.9. The summed E-state index contributed by atoms with van der Waals surface area (Å²) in [5.41, 5.74) is 2.53. The van der Waals surface area contributed by atoms with Crippen LogP contribution in [0.2, 0.25) is 0 Å². The molecule has 0 aromatic heterocycles. The summed E-state index contributed by atoms with van der Waals surface area (Å²) in [6.45, 7) is 8.66. The number of ether oxygens (including phenoxy) is 2. The third-order valence-electron chi connectivity index (χ3n) is 2.54. The molecule has 0 bridgehead atoms. The first-order valence-electron chi connectivity index (χ1n) is 5.75. The molecule has 1 aliphatic heterocycles. The molecule has 0 radical (unpaired) electrons. The van der Waals surface area contributed by atoms with Gasteiger partial charge in [0, 0.05) is 6.42 Å². The maximum atomic E-state index is 5.70. The maximum Gasteiger partial charge on any atom is 0.161 e. The second-order valence-electron chi connectivity index (χ2n) is 4.43.